The Morgan fingerprint density at radius 1 is 0.941 bits per heavy atom. The first kappa shape index (κ1) is 22.6. The van der Waals surface area contributed by atoms with Gasteiger partial charge in [0, 0.05) is 16.9 Å². The second kappa shape index (κ2) is 8.88. The summed E-state index contributed by atoms with van der Waals surface area (Å²) in [6.07, 6.45) is -2.68. The number of fused-ring (bicyclic) bond motifs is 1. The van der Waals surface area contributed by atoms with Crippen molar-refractivity contribution in [3.05, 3.63) is 100 Å². The molecule has 0 radical (unpaired) electrons. The highest BCUT2D eigenvalue weighted by Gasteiger charge is 2.52. The van der Waals surface area contributed by atoms with E-state index in [0.29, 0.717) is 21.8 Å². The number of benzene rings is 3. The summed E-state index contributed by atoms with van der Waals surface area (Å²) in [6.45, 7) is 0. The van der Waals surface area contributed by atoms with Crippen molar-refractivity contribution in [1.82, 2.24) is 0 Å². The molecule has 2 unspecified atom stereocenters. The number of hydrogen-bond acceptors (Lipinski definition) is 4. The molecule has 0 spiro atoms. The van der Waals surface area contributed by atoms with Crippen LogP contribution >= 0.6 is 23.5 Å². The van der Waals surface area contributed by atoms with Gasteiger partial charge in [0.05, 0.1) is 15.1 Å². The highest BCUT2D eigenvalue weighted by Crippen LogP contribution is 2.58. The maximum Gasteiger partial charge on any atom is 0.416 e. The normalized spacial score (nSPS) is 20.7. The fourth-order valence-corrected chi connectivity index (χ4v) is 6.13. The minimum absolute atomic E-state index is 0.0876. The molecule has 0 aromatic heterocycles. The maximum atomic E-state index is 13.2. The summed E-state index contributed by atoms with van der Waals surface area (Å²) in [4.78, 5) is 27.7. The molecular formula is C25H17F3N2O2S2. The summed E-state index contributed by atoms with van der Waals surface area (Å²) in [5.41, 5.74) is 1.63. The molecule has 3 aromatic carbocycles. The molecule has 2 aliphatic heterocycles. The molecule has 0 bridgehead atoms. The minimum atomic E-state index is -4.42. The van der Waals surface area contributed by atoms with Gasteiger partial charge in [0.2, 0.25) is 0 Å². The topological polar surface area (TPSA) is 49.4 Å². The number of nitrogens with one attached hydrogen (secondary N) is 1. The first-order chi connectivity index (χ1) is 16.3. The van der Waals surface area contributed by atoms with Gasteiger partial charge in [0.15, 0.2) is 0 Å². The SMILES string of the molecule is O=C(Nc1ccccc1)c1ccc(/C=C2\SC3SC3N(c3ccc(C(F)(F)F)cc3)C2=O)cc1. The van der Waals surface area contributed by atoms with Crippen LogP contribution in [0.3, 0.4) is 0 Å². The summed E-state index contributed by atoms with van der Waals surface area (Å²) in [7, 11) is 0. The van der Waals surface area contributed by atoms with Crippen molar-refractivity contribution in [3.63, 3.8) is 0 Å². The zero-order valence-corrected chi connectivity index (χ0v) is 19.1. The van der Waals surface area contributed by atoms with Gasteiger partial charge in [-0.25, -0.2) is 0 Å². The molecule has 172 valence electrons. The Morgan fingerprint density at radius 3 is 2.26 bits per heavy atom. The largest absolute Gasteiger partial charge is 0.416 e. The highest BCUT2D eigenvalue weighted by atomic mass is 32.2. The maximum absolute atomic E-state index is 13.2. The van der Waals surface area contributed by atoms with Crippen LogP contribution in [-0.2, 0) is 11.0 Å². The number of hydrogen-bond donors (Lipinski definition) is 1. The molecule has 2 amide bonds. The van der Waals surface area contributed by atoms with Gasteiger partial charge in [-0.1, -0.05) is 30.3 Å². The Kier molecular flexibility index (Phi) is 5.91. The lowest BCUT2D eigenvalue weighted by atomic mass is 10.1. The van der Waals surface area contributed by atoms with E-state index in [4.69, 9.17) is 0 Å². The molecule has 2 saturated heterocycles. The summed E-state index contributed by atoms with van der Waals surface area (Å²) >= 11 is 3.04. The summed E-state index contributed by atoms with van der Waals surface area (Å²) < 4.78 is 38.8. The van der Waals surface area contributed by atoms with E-state index in [1.54, 1.807) is 59.1 Å². The van der Waals surface area contributed by atoms with E-state index in [0.717, 1.165) is 17.7 Å². The number of amides is 2. The fraction of sp³-hybridized carbons (Fsp3) is 0.120. The third kappa shape index (κ3) is 4.71. The third-order valence-corrected chi connectivity index (χ3v) is 8.14. The lowest BCUT2D eigenvalue weighted by molar-refractivity contribution is -0.137. The number of alkyl halides is 3. The van der Waals surface area contributed by atoms with Crippen molar-refractivity contribution in [3.8, 4) is 0 Å². The first-order valence-electron chi connectivity index (χ1n) is 10.3. The summed E-state index contributed by atoms with van der Waals surface area (Å²) in [5, 5.41) is 2.73. The van der Waals surface area contributed by atoms with Crippen LogP contribution in [0.5, 0.6) is 0 Å². The molecule has 4 nitrogen and oxygen atoms in total. The number of rotatable bonds is 4. The Bertz CT molecular complexity index is 1260. The molecule has 2 heterocycles. The summed E-state index contributed by atoms with van der Waals surface area (Å²) in [5.74, 6) is -0.485. The standard InChI is InChI=1S/C25H17F3N2O2S2/c26-25(27,28)17-10-12-19(13-11-17)30-22(32)20(33-24-23(30)34-24)14-15-6-8-16(9-7-15)21(31)29-18-4-2-1-3-5-18/h1-14,23-24H,(H,29,31)/b20-14-. The molecule has 5 rings (SSSR count). The van der Waals surface area contributed by atoms with Crippen molar-refractivity contribution >= 4 is 52.8 Å². The van der Waals surface area contributed by atoms with Gasteiger partial charge in [-0.3, -0.25) is 14.5 Å². The Morgan fingerprint density at radius 2 is 1.62 bits per heavy atom. The number of carbonyl (C=O) groups excluding carboxylic acids is 2. The molecule has 0 aliphatic carbocycles. The van der Waals surface area contributed by atoms with Gasteiger partial charge < -0.3 is 5.32 Å². The monoisotopic (exact) mass is 498 g/mol. The molecule has 1 N–H and O–H groups in total. The number of para-hydroxylation sites is 1. The van der Waals surface area contributed by atoms with Gasteiger partial charge >= 0.3 is 6.18 Å². The van der Waals surface area contributed by atoms with E-state index in [2.05, 4.69) is 5.32 Å². The number of halogens is 3. The van der Waals surface area contributed by atoms with Gasteiger partial charge in [0.25, 0.3) is 11.8 Å². The van der Waals surface area contributed by atoms with Crippen LogP contribution in [0, 0.1) is 0 Å². The van der Waals surface area contributed by atoms with Crippen molar-refractivity contribution in [1.29, 1.82) is 0 Å². The van der Waals surface area contributed by atoms with Crippen LogP contribution in [0.2, 0.25) is 0 Å². The zero-order valence-electron chi connectivity index (χ0n) is 17.5. The quantitative estimate of drug-likeness (QED) is 0.331. The average Bonchev–Trinajstić information content (AvgIpc) is 3.59. The second-order valence-corrected chi connectivity index (χ2v) is 10.4. The average molecular weight is 499 g/mol. The highest BCUT2D eigenvalue weighted by molar-refractivity contribution is 8.26. The zero-order chi connectivity index (χ0) is 23.9. The molecule has 9 heteroatoms. The van der Waals surface area contributed by atoms with Crippen LogP contribution in [0.15, 0.2) is 83.8 Å². The molecule has 2 atom stereocenters. The third-order valence-electron chi connectivity index (χ3n) is 5.33. The first-order valence-corrected chi connectivity index (χ1v) is 12.1. The summed E-state index contributed by atoms with van der Waals surface area (Å²) in [6, 6.07) is 20.7. The van der Waals surface area contributed by atoms with Crippen LogP contribution in [0.25, 0.3) is 6.08 Å². The van der Waals surface area contributed by atoms with Crippen molar-refractivity contribution in [2.45, 2.75) is 16.1 Å². The van der Waals surface area contributed by atoms with E-state index in [-0.39, 0.29) is 21.8 Å². The van der Waals surface area contributed by atoms with Crippen LogP contribution < -0.4 is 10.2 Å². The number of anilines is 2. The predicted molar refractivity (Wildman–Crippen MR) is 131 cm³/mol. The Balaban J connectivity index is 1.33. The smallest absolute Gasteiger partial charge is 0.322 e. The molecule has 2 aliphatic rings. The number of nitrogens with zero attached hydrogens (tertiary/aromatic N) is 1. The van der Waals surface area contributed by atoms with E-state index in [1.165, 1.54) is 23.9 Å². The van der Waals surface area contributed by atoms with Gasteiger partial charge in [0.1, 0.15) is 5.37 Å². The lowest BCUT2D eigenvalue weighted by Crippen LogP contribution is -2.37. The van der Waals surface area contributed by atoms with Crippen molar-refractivity contribution in [2.75, 3.05) is 10.2 Å². The van der Waals surface area contributed by atoms with E-state index in [9.17, 15) is 22.8 Å². The van der Waals surface area contributed by atoms with Crippen molar-refractivity contribution < 1.29 is 22.8 Å². The molecule has 0 saturated carbocycles. The van der Waals surface area contributed by atoms with Gasteiger partial charge in [-0.15, -0.1) is 23.5 Å². The number of carbonyl (C=O) groups is 2. The van der Waals surface area contributed by atoms with Crippen LogP contribution in [0.4, 0.5) is 24.5 Å². The van der Waals surface area contributed by atoms with Gasteiger partial charge in [-0.2, -0.15) is 13.2 Å². The fourth-order valence-electron chi connectivity index (χ4n) is 3.55. The van der Waals surface area contributed by atoms with E-state index in [1.807, 2.05) is 18.2 Å². The van der Waals surface area contributed by atoms with E-state index >= 15 is 0 Å². The molecule has 34 heavy (non-hydrogen) atoms. The van der Waals surface area contributed by atoms with Crippen molar-refractivity contribution in [2.24, 2.45) is 0 Å². The molecule has 3 aromatic rings. The lowest BCUT2D eigenvalue weighted by Gasteiger charge is -2.27. The molecular weight excluding hydrogens is 481 g/mol. The van der Waals surface area contributed by atoms with E-state index < -0.39 is 11.7 Å². The Labute approximate surface area is 202 Å². The van der Waals surface area contributed by atoms with Crippen LogP contribution in [0.1, 0.15) is 21.5 Å². The minimum Gasteiger partial charge on any atom is -0.322 e. The second-order valence-electron chi connectivity index (χ2n) is 7.68. The number of thioether (sulfide) groups is 2. The van der Waals surface area contributed by atoms with Gasteiger partial charge in [-0.05, 0) is 60.2 Å². The molecule has 2 fully saturated rings. The van der Waals surface area contributed by atoms with Crippen LogP contribution in [-0.4, -0.2) is 21.8 Å². The Hall–Kier alpha value is -3.17. The predicted octanol–water partition coefficient (Wildman–Crippen LogP) is 6.48.